The fraction of sp³-hybridized carbons (Fsp3) is 0.500. The average molecular weight is 314 g/mol. The summed E-state index contributed by atoms with van der Waals surface area (Å²) in [4.78, 5) is 14.0. The molecule has 100 valence electrons. The van der Waals surface area contributed by atoms with E-state index in [2.05, 4.69) is 15.9 Å². The molecule has 4 heteroatoms. The normalized spacial score (nSPS) is 10.9. The van der Waals surface area contributed by atoms with Crippen LogP contribution in [0, 0.1) is 0 Å². The summed E-state index contributed by atoms with van der Waals surface area (Å²) in [5.41, 5.74) is 0.742. The molecule has 0 aliphatic rings. The van der Waals surface area contributed by atoms with Gasteiger partial charge in [-0.05, 0) is 45.0 Å². The topological polar surface area (TPSA) is 40.5 Å². The third kappa shape index (κ3) is 5.76. The summed E-state index contributed by atoms with van der Waals surface area (Å²) < 4.78 is 0.930. The Kier molecular flexibility index (Phi) is 7.16. The summed E-state index contributed by atoms with van der Waals surface area (Å²) in [5, 5.41) is 8.68. The molecule has 3 nitrogen and oxygen atoms in total. The van der Waals surface area contributed by atoms with Gasteiger partial charge in [0.1, 0.15) is 0 Å². The van der Waals surface area contributed by atoms with E-state index < -0.39 is 0 Å². The highest BCUT2D eigenvalue weighted by Crippen LogP contribution is 2.12. The van der Waals surface area contributed by atoms with Gasteiger partial charge in [0.2, 0.25) is 0 Å². The van der Waals surface area contributed by atoms with Crippen molar-refractivity contribution in [1.29, 1.82) is 0 Å². The molecule has 0 amide bonds. The molecule has 0 heterocycles. The maximum atomic E-state index is 12.0. The molecule has 18 heavy (non-hydrogen) atoms. The summed E-state index contributed by atoms with van der Waals surface area (Å²) in [6, 6.07) is 7.47. The number of hydrogen-bond donors (Lipinski definition) is 1. The number of ketones is 1. The molecule has 1 rings (SSSR count). The van der Waals surface area contributed by atoms with Crippen LogP contribution >= 0.6 is 15.9 Å². The van der Waals surface area contributed by atoms with Gasteiger partial charge >= 0.3 is 0 Å². The molecular formula is C14H20BrNO2. The molecule has 0 saturated heterocycles. The van der Waals surface area contributed by atoms with E-state index in [0.29, 0.717) is 6.54 Å². The second-order valence-electron chi connectivity index (χ2n) is 4.46. The Morgan fingerprint density at radius 1 is 1.33 bits per heavy atom. The first-order chi connectivity index (χ1) is 8.63. The van der Waals surface area contributed by atoms with Gasteiger partial charge in [-0.25, -0.2) is 0 Å². The first kappa shape index (κ1) is 15.3. The van der Waals surface area contributed by atoms with Gasteiger partial charge in [0.05, 0.1) is 6.54 Å². The van der Waals surface area contributed by atoms with Crippen molar-refractivity contribution in [2.75, 3.05) is 26.7 Å². The molecule has 0 saturated carbocycles. The summed E-state index contributed by atoms with van der Waals surface area (Å²) in [5.74, 6) is 0.140. The number of nitrogens with zero attached hydrogens (tertiary/aromatic N) is 1. The van der Waals surface area contributed by atoms with Crippen molar-refractivity contribution in [3.05, 3.63) is 34.3 Å². The highest BCUT2D eigenvalue weighted by atomic mass is 79.9. The largest absolute Gasteiger partial charge is 0.396 e. The zero-order valence-corrected chi connectivity index (χ0v) is 12.3. The Hall–Kier alpha value is -0.710. The predicted molar refractivity (Wildman–Crippen MR) is 76.9 cm³/mol. The summed E-state index contributed by atoms with van der Waals surface area (Å²) in [7, 11) is 1.95. The highest BCUT2D eigenvalue weighted by Gasteiger charge is 2.09. The molecule has 1 N–H and O–H groups in total. The van der Waals surface area contributed by atoms with Crippen molar-refractivity contribution in [2.45, 2.75) is 19.3 Å². The molecule has 1 aromatic rings. The predicted octanol–water partition coefficient (Wildman–Crippen LogP) is 2.73. The van der Waals surface area contributed by atoms with Crippen LogP contribution in [0.1, 0.15) is 29.6 Å². The van der Waals surface area contributed by atoms with Gasteiger partial charge in [0.15, 0.2) is 5.78 Å². The Morgan fingerprint density at radius 3 is 2.78 bits per heavy atom. The van der Waals surface area contributed by atoms with Gasteiger partial charge in [-0.1, -0.05) is 28.1 Å². The molecular weight excluding hydrogens is 294 g/mol. The van der Waals surface area contributed by atoms with Crippen LogP contribution in [0.25, 0.3) is 0 Å². The minimum Gasteiger partial charge on any atom is -0.396 e. The molecule has 0 bridgehead atoms. The van der Waals surface area contributed by atoms with E-state index in [1.165, 1.54) is 0 Å². The maximum Gasteiger partial charge on any atom is 0.176 e. The number of halogens is 1. The van der Waals surface area contributed by atoms with E-state index in [-0.39, 0.29) is 12.4 Å². The van der Waals surface area contributed by atoms with E-state index in [1.54, 1.807) is 0 Å². The van der Waals surface area contributed by atoms with E-state index in [4.69, 9.17) is 5.11 Å². The molecule has 0 atom stereocenters. The number of carbonyl (C=O) groups excluding carboxylic acids is 1. The highest BCUT2D eigenvalue weighted by molar-refractivity contribution is 9.10. The van der Waals surface area contributed by atoms with Crippen molar-refractivity contribution >= 4 is 21.7 Å². The maximum absolute atomic E-state index is 12.0. The number of hydrogen-bond acceptors (Lipinski definition) is 3. The second kappa shape index (κ2) is 8.40. The lowest BCUT2D eigenvalue weighted by molar-refractivity contribution is 0.0945. The lowest BCUT2D eigenvalue weighted by Crippen LogP contribution is -2.27. The van der Waals surface area contributed by atoms with Crippen LogP contribution in [-0.4, -0.2) is 42.5 Å². The van der Waals surface area contributed by atoms with Gasteiger partial charge in [0.25, 0.3) is 0 Å². The molecule has 0 aliphatic carbocycles. The minimum absolute atomic E-state index is 0.140. The standard InChI is InChI=1S/C14H20BrNO2/c1-16(8-3-2-4-9-17)11-14(18)12-6-5-7-13(15)10-12/h5-7,10,17H,2-4,8-9,11H2,1H3. The third-order valence-corrected chi connectivity index (χ3v) is 3.25. The van der Waals surface area contributed by atoms with Crippen LogP contribution in [0.5, 0.6) is 0 Å². The molecule has 0 aromatic heterocycles. The van der Waals surface area contributed by atoms with Crippen molar-refractivity contribution in [3.8, 4) is 0 Å². The van der Waals surface area contributed by atoms with Gasteiger partial charge < -0.3 is 5.11 Å². The number of aliphatic hydroxyl groups is 1. The first-order valence-corrected chi connectivity index (χ1v) is 7.01. The summed E-state index contributed by atoms with van der Waals surface area (Å²) in [6.07, 6.45) is 2.86. The van der Waals surface area contributed by atoms with Gasteiger partial charge in [-0.2, -0.15) is 0 Å². The van der Waals surface area contributed by atoms with Crippen LogP contribution < -0.4 is 0 Å². The van der Waals surface area contributed by atoms with Crippen molar-refractivity contribution in [2.24, 2.45) is 0 Å². The summed E-state index contributed by atoms with van der Waals surface area (Å²) >= 11 is 3.37. The van der Waals surface area contributed by atoms with Crippen LogP contribution in [0.15, 0.2) is 28.7 Å². The minimum atomic E-state index is 0.140. The van der Waals surface area contributed by atoms with Crippen LogP contribution in [0.3, 0.4) is 0 Å². The van der Waals surface area contributed by atoms with Gasteiger partial charge in [0, 0.05) is 16.6 Å². The SMILES string of the molecule is CN(CCCCCO)CC(=O)c1cccc(Br)c1. The second-order valence-corrected chi connectivity index (χ2v) is 5.37. The number of Topliss-reactive ketones (excluding diaryl/α,β-unsaturated/α-hetero) is 1. The lowest BCUT2D eigenvalue weighted by Gasteiger charge is -2.15. The Balaban J connectivity index is 2.35. The molecule has 0 spiro atoms. The number of carbonyl (C=O) groups is 1. The molecule has 0 radical (unpaired) electrons. The van der Waals surface area contributed by atoms with E-state index in [9.17, 15) is 4.79 Å². The Morgan fingerprint density at radius 2 is 2.11 bits per heavy atom. The Labute approximate surface area is 117 Å². The summed E-state index contributed by atoms with van der Waals surface area (Å²) in [6.45, 7) is 1.58. The van der Waals surface area contributed by atoms with Crippen LogP contribution in [-0.2, 0) is 0 Å². The average Bonchev–Trinajstić information content (AvgIpc) is 2.34. The van der Waals surface area contributed by atoms with E-state index in [1.807, 2.05) is 36.2 Å². The third-order valence-electron chi connectivity index (χ3n) is 2.76. The molecule has 1 aromatic carbocycles. The zero-order valence-electron chi connectivity index (χ0n) is 10.7. The monoisotopic (exact) mass is 313 g/mol. The van der Waals surface area contributed by atoms with Crippen molar-refractivity contribution in [1.82, 2.24) is 4.90 Å². The number of unbranched alkanes of at least 4 members (excludes halogenated alkanes) is 2. The smallest absolute Gasteiger partial charge is 0.176 e. The number of aliphatic hydroxyl groups excluding tert-OH is 1. The number of likely N-dealkylation sites (N-methyl/N-ethyl adjacent to an activating group) is 1. The zero-order chi connectivity index (χ0) is 13.4. The van der Waals surface area contributed by atoms with Crippen molar-refractivity contribution < 1.29 is 9.90 Å². The Bertz CT molecular complexity index is 382. The number of benzene rings is 1. The molecule has 0 unspecified atom stereocenters. The quantitative estimate of drug-likeness (QED) is 0.592. The lowest BCUT2D eigenvalue weighted by atomic mass is 10.1. The van der Waals surface area contributed by atoms with E-state index in [0.717, 1.165) is 35.8 Å². The molecule has 0 aliphatic heterocycles. The fourth-order valence-corrected chi connectivity index (χ4v) is 2.15. The van der Waals surface area contributed by atoms with E-state index >= 15 is 0 Å². The van der Waals surface area contributed by atoms with Gasteiger partial charge in [-0.3, -0.25) is 9.69 Å². The number of rotatable bonds is 8. The fourth-order valence-electron chi connectivity index (χ4n) is 1.75. The van der Waals surface area contributed by atoms with Gasteiger partial charge in [-0.15, -0.1) is 0 Å². The van der Waals surface area contributed by atoms with Crippen LogP contribution in [0.2, 0.25) is 0 Å². The molecule has 0 fully saturated rings. The first-order valence-electron chi connectivity index (χ1n) is 6.21. The van der Waals surface area contributed by atoms with Crippen LogP contribution in [0.4, 0.5) is 0 Å². The van der Waals surface area contributed by atoms with Crippen molar-refractivity contribution in [3.63, 3.8) is 0 Å².